The second-order valence-corrected chi connectivity index (χ2v) is 5.22. The summed E-state index contributed by atoms with van der Waals surface area (Å²) in [5, 5.41) is 20.6. The Morgan fingerprint density at radius 2 is 1.00 bits per heavy atom. The van der Waals surface area contributed by atoms with Crippen LogP contribution in [0.25, 0.3) is 0 Å². The van der Waals surface area contributed by atoms with Crippen molar-refractivity contribution in [3.8, 4) is 11.5 Å². The van der Waals surface area contributed by atoms with Gasteiger partial charge in [0, 0.05) is 13.8 Å². The van der Waals surface area contributed by atoms with Crippen LogP contribution in [0.2, 0.25) is 0 Å². The molecule has 0 fully saturated rings. The van der Waals surface area contributed by atoms with E-state index in [0.29, 0.717) is 22.6 Å². The lowest BCUT2D eigenvalue weighted by Gasteiger charge is -2.19. The smallest absolute Gasteiger partial charge is 0.308 e. The predicted octanol–water partition coefficient (Wildman–Crippen LogP) is 2.30. The Hall–Kier alpha value is -2.70. The molecule has 2 aromatic rings. The highest BCUT2D eigenvalue weighted by molar-refractivity contribution is 5.69. The standard InChI is InChI=1S/C18H18O6/c1-11(19)23-15-7-3-13(4-8-15)17(21)18(22)14-5-9-16(10-6-14)24-12(2)20/h3-10,17-18,21-22H,1-2H3. The molecule has 0 bridgehead atoms. The molecule has 0 saturated carbocycles. The molecule has 0 radical (unpaired) electrons. The van der Waals surface area contributed by atoms with Gasteiger partial charge in [-0.25, -0.2) is 0 Å². The summed E-state index contributed by atoms with van der Waals surface area (Å²) in [5.74, 6) is -0.148. The van der Waals surface area contributed by atoms with Gasteiger partial charge >= 0.3 is 11.9 Å². The van der Waals surface area contributed by atoms with Crippen molar-refractivity contribution in [2.24, 2.45) is 0 Å². The topological polar surface area (TPSA) is 93.1 Å². The minimum atomic E-state index is -1.16. The average Bonchev–Trinajstić information content (AvgIpc) is 2.54. The van der Waals surface area contributed by atoms with Gasteiger partial charge in [0.15, 0.2) is 0 Å². The Labute approximate surface area is 139 Å². The average molecular weight is 330 g/mol. The van der Waals surface area contributed by atoms with E-state index in [9.17, 15) is 19.8 Å². The summed E-state index contributed by atoms with van der Waals surface area (Å²) in [6, 6.07) is 12.4. The third-order valence-electron chi connectivity index (χ3n) is 3.27. The van der Waals surface area contributed by atoms with Crippen LogP contribution in [0.4, 0.5) is 0 Å². The highest BCUT2D eigenvalue weighted by Gasteiger charge is 2.20. The first-order chi connectivity index (χ1) is 11.4. The highest BCUT2D eigenvalue weighted by atomic mass is 16.5. The molecular weight excluding hydrogens is 312 g/mol. The van der Waals surface area contributed by atoms with Gasteiger partial charge in [-0.2, -0.15) is 0 Å². The number of hydrogen-bond acceptors (Lipinski definition) is 6. The highest BCUT2D eigenvalue weighted by Crippen LogP contribution is 2.30. The van der Waals surface area contributed by atoms with Crippen LogP contribution in [0.3, 0.4) is 0 Å². The van der Waals surface area contributed by atoms with Crippen LogP contribution in [-0.2, 0) is 9.59 Å². The Balaban J connectivity index is 2.09. The zero-order chi connectivity index (χ0) is 17.7. The van der Waals surface area contributed by atoms with E-state index in [1.165, 1.54) is 38.1 Å². The number of carbonyl (C=O) groups excluding carboxylic acids is 2. The predicted molar refractivity (Wildman–Crippen MR) is 85.4 cm³/mol. The molecule has 0 saturated heterocycles. The van der Waals surface area contributed by atoms with Crippen molar-refractivity contribution in [1.29, 1.82) is 0 Å². The van der Waals surface area contributed by atoms with Crippen molar-refractivity contribution >= 4 is 11.9 Å². The number of esters is 2. The molecule has 6 heteroatoms. The van der Waals surface area contributed by atoms with Gasteiger partial charge in [0.1, 0.15) is 23.7 Å². The van der Waals surface area contributed by atoms with E-state index in [-0.39, 0.29) is 0 Å². The fourth-order valence-corrected chi connectivity index (χ4v) is 2.16. The molecule has 2 atom stereocenters. The molecule has 0 amide bonds. The Bertz CT molecular complexity index is 642. The minimum absolute atomic E-state index is 0.360. The molecule has 24 heavy (non-hydrogen) atoms. The maximum absolute atomic E-state index is 10.9. The zero-order valence-electron chi connectivity index (χ0n) is 13.3. The van der Waals surface area contributed by atoms with Crippen LogP contribution in [0, 0.1) is 0 Å². The number of ether oxygens (including phenoxy) is 2. The SMILES string of the molecule is CC(=O)Oc1ccc(C(O)C(O)c2ccc(OC(C)=O)cc2)cc1. The number of rotatable bonds is 5. The summed E-state index contributed by atoms with van der Waals surface area (Å²) < 4.78 is 9.83. The van der Waals surface area contributed by atoms with Crippen LogP contribution >= 0.6 is 0 Å². The van der Waals surface area contributed by atoms with Crippen LogP contribution < -0.4 is 9.47 Å². The summed E-state index contributed by atoms with van der Waals surface area (Å²) in [6.07, 6.45) is -2.31. The van der Waals surface area contributed by atoms with Gasteiger partial charge in [0.2, 0.25) is 0 Å². The Morgan fingerprint density at radius 1 is 0.708 bits per heavy atom. The molecule has 126 valence electrons. The number of carbonyl (C=O) groups is 2. The lowest BCUT2D eigenvalue weighted by molar-refractivity contribution is -0.132. The second-order valence-electron chi connectivity index (χ2n) is 5.22. The molecule has 0 aliphatic rings. The third-order valence-corrected chi connectivity index (χ3v) is 3.27. The fourth-order valence-electron chi connectivity index (χ4n) is 2.16. The van der Waals surface area contributed by atoms with Crippen molar-refractivity contribution < 1.29 is 29.3 Å². The van der Waals surface area contributed by atoms with Crippen LogP contribution in [0.15, 0.2) is 48.5 Å². The summed E-state index contributed by atoms with van der Waals surface area (Å²) in [6.45, 7) is 2.60. The minimum Gasteiger partial charge on any atom is -0.427 e. The van der Waals surface area contributed by atoms with Crippen molar-refractivity contribution in [2.75, 3.05) is 0 Å². The van der Waals surface area contributed by atoms with E-state index >= 15 is 0 Å². The summed E-state index contributed by atoms with van der Waals surface area (Å²) in [5.41, 5.74) is 0.949. The first kappa shape index (κ1) is 17.7. The van der Waals surface area contributed by atoms with Gasteiger partial charge < -0.3 is 19.7 Å². The number of hydrogen-bond donors (Lipinski definition) is 2. The van der Waals surface area contributed by atoms with E-state index in [2.05, 4.69) is 0 Å². The van der Waals surface area contributed by atoms with Crippen molar-refractivity contribution in [2.45, 2.75) is 26.1 Å². The Kier molecular flexibility index (Phi) is 5.68. The van der Waals surface area contributed by atoms with Crippen molar-refractivity contribution in [1.82, 2.24) is 0 Å². The fraction of sp³-hybridized carbons (Fsp3) is 0.222. The quantitative estimate of drug-likeness (QED) is 0.645. The van der Waals surface area contributed by atoms with Gasteiger partial charge in [-0.15, -0.1) is 0 Å². The second kappa shape index (κ2) is 7.72. The number of aliphatic hydroxyl groups is 2. The first-order valence-corrected chi connectivity index (χ1v) is 7.29. The lowest BCUT2D eigenvalue weighted by Crippen LogP contribution is -2.10. The normalized spacial score (nSPS) is 13.0. The molecule has 2 N–H and O–H groups in total. The summed E-state index contributed by atoms with van der Waals surface area (Å²) in [7, 11) is 0. The molecule has 0 heterocycles. The first-order valence-electron chi connectivity index (χ1n) is 7.29. The summed E-state index contributed by atoms with van der Waals surface area (Å²) in [4.78, 5) is 21.8. The lowest BCUT2D eigenvalue weighted by atomic mass is 9.98. The maximum Gasteiger partial charge on any atom is 0.308 e. The van der Waals surface area contributed by atoms with Gasteiger partial charge in [-0.3, -0.25) is 9.59 Å². The number of aliphatic hydroxyl groups excluding tert-OH is 2. The van der Waals surface area contributed by atoms with Crippen molar-refractivity contribution in [3.63, 3.8) is 0 Å². The molecular formula is C18H18O6. The number of benzene rings is 2. The monoisotopic (exact) mass is 330 g/mol. The molecule has 0 aliphatic carbocycles. The van der Waals surface area contributed by atoms with Crippen LogP contribution in [-0.4, -0.2) is 22.2 Å². The van der Waals surface area contributed by atoms with E-state index in [0.717, 1.165) is 0 Å². The third kappa shape index (κ3) is 4.65. The molecule has 2 unspecified atom stereocenters. The molecule has 6 nitrogen and oxygen atoms in total. The molecule has 0 aliphatic heterocycles. The van der Waals surface area contributed by atoms with Crippen LogP contribution in [0.1, 0.15) is 37.2 Å². The zero-order valence-corrected chi connectivity index (χ0v) is 13.3. The van der Waals surface area contributed by atoms with Gasteiger partial charge in [-0.05, 0) is 35.4 Å². The van der Waals surface area contributed by atoms with Gasteiger partial charge in [0.25, 0.3) is 0 Å². The van der Waals surface area contributed by atoms with E-state index in [4.69, 9.17) is 9.47 Å². The molecule has 2 aromatic carbocycles. The molecule has 0 aromatic heterocycles. The largest absolute Gasteiger partial charge is 0.427 e. The molecule has 0 spiro atoms. The summed E-state index contributed by atoms with van der Waals surface area (Å²) >= 11 is 0. The maximum atomic E-state index is 10.9. The van der Waals surface area contributed by atoms with Crippen LogP contribution in [0.5, 0.6) is 11.5 Å². The van der Waals surface area contributed by atoms with E-state index < -0.39 is 24.1 Å². The van der Waals surface area contributed by atoms with Gasteiger partial charge in [-0.1, -0.05) is 24.3 Å². The van der Waals surface area contributed by atoms with Gasteiger partial charge in [0.05, 0.1) is 0 Å². The van der Waals surface area contributed by atoms with E-state index in [1.807, 2.05) is 0 Å². The van der Waals surface area contributed by atoms with Crippen molar-refractivity contribution in [3.05, 3.63) is 59.7 Å². The molecule has 2 rings (SSSR count). The van der Waals surface area contributed by atoms with E-state index in [1.54, 1.807) is 24.3 Å². The Morgan fingerprint density at radius 3 is 1.25 bits per heavy atom.